The van der Waals surface area contributed by atoms with Crippen LogP contribution < -0.4 is 25.2 Å². The molecule has 1 aliphatic rings. The van der Waals surface area contributed by atoms with E-state index in [0.29, 0.717) is 40.3 Å². The number of nitrogens with zero attached hydrogens (tertiary/aromatic N) is 5. The SMILES string of the molecule is CCN(CC)CCOc1ccc(Nc2ncc3c(n2)N(C)C(=O)N(c2cc(NC(=O)c4cccc5ccccc45)ccc2Cl)C3)cc1. The lowest BCUT2D eigenvalue weighted by Gasteiger charge is -2.34. The molecule has 6 rings (SSSR count). The number of nitrogens with one attached hydrogen (secondary N) is 2. The number of fused-ring (bicyclic) bond motifs is 2. The van der Waals surface area contributed by atoms with Gasteiger partial charge < -0.3 is 20.3 Å². The molecule has 0 unspecified atom stereocenters. The van der Waals surface area contributed by atoms with E-state index in [2.05, 4.69) is 39.3 Å². The molecule has 0 radical (unpaired) electrons. The monoisotopic (exact) mass is 649 g/mol. The third-order valence-corrected chi connectivity index (χ3v) is 8.54. The minimum absolute atomic E-state index is 0.207. The topological polar surface area (TPSA) is 103 Å². The number of rotatable bonds is 11. The Morgan fingerprint density at radius 2 is 1.72 bits per heavy atom. The number of ether oxygens (including phenoxy) is 1. The van der Waals surface area contributed by atoms with E-state index in [1.165, 1.54) is 4.90 Å². The predicted octanol–water partition coefficient (Wildman–Crippen LogP) is 7.58. The van der Waals surface area contributed by atoms with E-state index in [4.69, 9.17) is 16.3 Å². The third-order valence-electron chi connectivity index (χ3n) is 8.22. The van der Waals surface area contributed by atoms with Gasteiger partial charge in [-0.1, -0.05) is 61.8 Å². The number of carbonyl (C=O) groups is 2. The highest BCUT2D eigenvalue weighted by Gasteiger charge is 2.32. The first-order valence-electron chi connectivity index (χ1n) is 15.6. The van der Waals surface area contributed by atoms with Gasteiger partial charge in [0.1, 0.15) is 18.2 Å². The molecule has 4 aromatic carbocycles. The van der Waals surface area contributed by atoms with Crippen LogP contribution in [0, 0.1) is 0 Å². The van der Waals surface area contributed by atoms with Gasteiger partial charge in [-0.2, -0.15) is 4.98 Å². The lowest BCUT2D eigenvalue weighted by molar-refractivity contribution is 0.102. The zero-order valence-corrected chi connectivity index (χ0v) is 27.3. The quantitative estimate of drug-likeness (QED) is 0.152. The molecule has 0 fully saturated rings. The second-order valence-electron chi connectivity index (χ2n) is 11.1. The van der Waals surface area contributed by atoms with Gasteiger partial charge in [-0.3, -0.25) is 14.6 Å². The van der Waals surface area contributed by atoms with Crippen molar-refractivity contribution < 1.29 is 14.3 Å². The summed E-state index contributed by atoms with van der Waals surface area (Å²) in [5, 5.41) is 8.38. The molecule has 240 valence electrons. The van der Waals surface area contributed by atoms with Gasteiger partial charge in [0.2, 0.25) is 5.95 Å². The normalized spacial score (nSPS) is 12.7. The number of anilines is 5. The van der Waals surface area contributed by atoms with Crippen LogP contribution in [-0.2, 0) is 6.54 Å². The van der Waals surface area contributed by atoms with Crippen LogP contribution in [0.4, 0.5) is 33.6 Å². The molecule has 0 bridgehead atoms. The Morgan fingerprint density at radius 1 is 0.979 bits per heavy atom. The Kier molecular flexibility index (Phi) is 9.51. The fraction of sp³-hybridized carbons (Fsp3) is 0.222. The fourth-order valence-corrected chi connectivity index (χ4v) is 5.79. The Morgan fingerprint density at radius 3 is 2.51 bits per heavy atom. The van der Waals surface area contributed by atoms with Crippen LogP contribution in [0.2, 0.25) is 5.02 Å². The molecule has 11 heteroatoms. The summed E-state index contributed by atoms with van der Waals surface area (Å²) in [6, 6.07) is 25.7. The molecule has 0 saturated heterocycles. The Bertz CT molecular complexity index is 1910. The number of hydrogen-bond donors (Lipinski definition) is 2. The number of aromatic nitrogens is 2. The maximum Gasteiger partial charge on any atom is 0.330 e. The predicted molar refractivity (Wildman–Crippen MR) is 188 cm³/mol. The number of carbonyl (C=O) groups excluding carboxylic acids is 2. The third kappa shape index (κ3) is 6.98. The highest BCUT2D eigenvalue weighted by molar-refractivity contribution is 6.34. The molecule has 2 N–H and O–H groups in total. The summed E-state index contributed by atoms with van der Waals surface area (Å²) in [5.74, 6) is 1.39. The first-order chi connectivity index (χ1) is 22.8. The molecule has 10 nitrogen and oxygen atoms in total. The van der Waals surface area contributed by atoms with Crippen molar-refractivity contribution in [2.75, 3.05) is 53.7 Å². The van der Waals surface area contributed by atoms with Crippen molar-refractivity contribution in [3.8, 4) is 5.75 Å². The number of benzene rings is 4. The number of hydrogen-bond acceptors (Lipinski definition) is 7. The maximum absolute atomic E-state index is 13.6. The highest BCUT2D eigenvalue weighted by atomic mass is 35.5. The van der Waals surface area contributed by atoms with Crippen LogP contribution in [-0.4, -0.2) is 60.1 Å². The minimum Gasteiger partial charge on any atom is -0.492 e. The summed E-state index contributed by atoms with van der Waals surface area (Å²) in [6.07, 6.45) is 1.70. The molecule has 2 heterocycles. The number of halogens is 1. The van der Waals surface area contributed by atoms with Gasteiger partial charge in [0.15, 0.2) is 0 Å². The second-order valence-corrected chi connectivity index (χ2v) is 11.5. The van der Waals surface area contributed by atoms with Crippen LogP contribution in [0.25, 0.3) is 10.8 Å². The van der Waals surface area contributed by atoms with E-state index in [-0.39, 0.29) is 18.5 Å². The summed E-state index contributed by atoms with van der Waals surface area (Å²) in [7, 11) is 1.66. The van der Waals surface area contributed by atoms with Gasteiger partial charge in [0.25, 0.3) is 5.91 Å². The van der Waals surface area contributed by atoms with E-state index in [1.807, 2.05) is 60.7 Å². The molecule has 0 aliphatic carbocycles. The summed E-state index contributed by atoms with van der Waals surface area (Å²) in [6.45, 7) is 7.98. The molecule has 1 aromatic heterocycles. The van der Waals surface area contributed by atoms with Crippen LogP contribution in [0.1, 0.15) is 29.8 Å². The van der Waals surface area contributed by atoms with Crippen LogP contribution >= 0.6 is 11.6 Å². The summed E-state index contributed by atoms with van der Waals surface area (Å²) >= 11 is 6.61. The summed E-state index contributed by atoms with van der Waals surface area (Å²) in [5.41, 5.74) is 3.07. The average Bonchev–Trinajstić information content (AvgIpc) is 3.10. The van der Waals surface area contributed by atoms with E-state index >= 15 is 0 Å². The minimum atomic E-state index is -0.312. The first-order valence-corrected chi connectivity index (χ1v) is 15.9. The van der Waals surface area contributed by atoms with E-state index in [9.17, 15) is 9.59 Å². The second kappa shape index (κ2) is 14.1. The molecule has 5 aromatic rings. The molecule has 47 heavy (non-hydrogen) atoms. The highest BCUT2D eigenvalue weighted by Crippen LogP contribution is 2.36. The number of urea groups is 1. The lowest BCUT2D eigenvalue weighted by Crippen LogP contribution is -2.46. The Labute approximate surface area is 278 Å². The molecule has 3 amide bonds. The Hall–Kier alpha value is -5.19. The molecule has 0 atom stereocenters. The van der Waals surface area contributed by atoms with E-state index < -0.39 is 0 Å². The molecule has 1 aliphatic heterocycles. The van der Waals surface area contributed by atoms with Gasteiger partial charge in [-0.25, -0.2) is 9.78 Å². The van der Waals surface area contributed by atoms with Gasteiger partial charge in [-0.05, 0) is 72.4 Å². The molecular weight excluding hydrogens is 614 g/mol. The van der Waals surface area contributed by atoms with Crippen molar-refractivity contribution in [1.82, 2.24) is 14.9 Å². The zero-order valence-electron chi connectivity index (χ0n) is 26.5. The van der Waals surface area contributed by atoms with E-state index in [1.54, 1.807) is 42.4 Å². The standard InChI is InChI=1S/C36H36ClN7O3/c1-4-43(5-2)19-20-47-28-16-13-26(14-17-28)40-35-38-22-25-23-44(36(46)42(3)33(25)41-35)32-21-27(15-18-31(32)37)39-34(45)30-12-8-10-24-9-6-7-11-29(24)30/h6-18,21-22H,4-5,19-20,23H2,1-3H3,(H,39,45)(H,38,40,41). The van der Waals surface area contributed by atoms with Crippen molar-refractivity contribution in [2.24, 2.45) is 0 Å². The summed E-state index contributed by atoms with van der Waals surface area (Å²) in [4.78, 5) is 41.4. The number of likely N-dealkylation sites (N-methyl/N-ethyl adjacent to an activating group) is 1. The molecular formula is C36H36ClN7O3. The van der Waals surface area contributed by atoms with Gasteiger partial charge >= 0.3 is 6.03 Å². The largest absolute Gasteiger partial charge is 0.492 e. The van der Waals surface area contributed by atoms with Gasteiger partial charge in [0, 0.05) is 42.3 Å². The van der Waals surface area contributed by atoms with Crippen molar-refractivity contribution in [3.05, 3.63) is 107 Å². The average molecular weight is 650 g/mol. The van der Waals surface area contributed by atoms with Crippen molar-refractivity contribution in [1.29, 1.82) is 0 Å². The van der Waals surface area contributed by atoms with Gasteiger partial charge in [0.05, 0.1) is 17.3 Å². The van der Waals surface area contributed by atoms with Crippen molar-refractivity contribution >= 4 is 63.1 Å². The summed E-state index contributed by atoms with van der Waals surface area (Å²) < 4.78 is 5.88. The molecule has 0 spiro atoms. The van der Waals surface area contributed by atoms with E-state index in [0.717, 1.165) is 47.4 Å². The smallest absolute Gasteiger partial charge is 0.330 e. The van der Waals surface area contributed by atoms with Crippen LogP contribution in [0.15, 0.2) is 91.1 Å². The first kappa shape index (κ1) is 31.8. The van der Waals surface area contributed by atoms with Crippen LogP contribution in [0.5, 0.6) is 5.75 Å². The van der Waals surface area contributed by atoms with Crippen molar-refractivity contribution in [2.45, 2.75) is 20.4 Å². The maximum atomic E-state index is 13.6. The lowest BCUT2D eigenvalue weighted by atomic mass is 10.0. The zero-order chi connectivity index (χ0) is 32.9. The van der Waals surface area contributed by atoms with Crippen LogP contribution in [0.3, 0.4) is 0 Å². The fourth-order valence-electron chi connectivity index (χ4n) is 5.57. The molecule has 0 saturated carbocycles. The van der Waals surface area contributed by atoms with Crippen molar-refractivity contribution in [3.63, 3.8) is 0 Å². The Balaban J connectivity index is 1.15. The van der Waals surface area contributed by atoms with Gasteiger partial charge in [-0.15, -0.1) is 0 Å². The number of amides is 3.